The van der Waals surface area contributed by atoms with E-state index in [2.05, 4.69) is 32.2 Å². The van der Waals surface area contributed by atoms with E-state index in [1.54, 1.807) is 6.07 Å². The van der Waals surface area contributed by atoms with Crippen LogP contribution in [-0.4, -0.2) is 15.9 Å². The van der Waals surface area contributed by atoms with Crippen LogP contribution in [0.2, 0.25) is 0 Å². The molecule has 0 bridgehead atoms. The van der Waals surface area contributed by atoms with Gasteiger partial charge in [-0.3, -0.25) is 4.79 Å². The molecule has 0 saturated carbocycles. The quantitative estimate of drug-likeness (QED) is 0.0636. The number of pyridine rings is 1. The molecule has 0 fully saturated rings. The van der Waals surface area contributed by atoms with E-state index in [9.17, 15) is 9.18 Å². The summed E-state index contributed by atoms with van der Waals surface area (Å²) in [6, 6.07) is 33.1. The van der Waals surface area contributed by atoms with Crippen LogP contribution in [0, 0.1) is 19.8 Å². The molecule has 0 aliphatic heterocycles. The monoisotopic (exact) mass is 786 g/mol. The van der Waals surface area contributed by atoms with Crippen LogP contribution >= 0.6 is 0 Å². The maximum Gasteiger partial charge on any atom is 0.213 e. The molecule has 2 aromatic heterocycles. The molecule has 7 rings (SSSR count). The summed E-state index contributed by atoms with van der Waals surface area (Å²) in [7, 11) is 4.29. The van der Waals surface area contributed by atoms with Crippen molar-refractivity contribution in [3.05, 3.63) is 147 Å². The Morgan fingerprint density at radius 2 is 1.46 bits per heavy atom. The Hall–Kier alpha value is -5.23. The zero-order chi connectivity index (χ0) is 31.7. The fraction of sp³-hybridized carbons (Fsp3) is 0.0513. The summed E-state index contributed by atoms with van der Waals surface area (Å²) in [6.45, 7) is 7.30. The maximum atomic E-state index is 14.6. The van der Waals surface area contributed by atoms with Gasteiger partial charge in [0.05, 0.1) is 23.2 Å². The van der Waals surface area contributed by atoms with Gasteiger partial charge in [-0.15, -0.1) is 11.6 Å². The molecule has 0 aliphatic carbocycles. The first kappa shape index (κ1) is 32.2. The number of aromatic nitrogens is 2. The number of rotatable bonds is 4. The van der Waals surface area contributed by atoms with Crippen molar-refractivity contribution in [2.24, 2.45) is 0 Å². The Labute approximate surface area is 280 Å². The molecule has 0 atom stereocenters. The first-order chi connectivity index (χ1) is 21.7. The van der Waals surface area contributed by atoms with Crippen LogP contribution < -0.4 is 4.57 Å². The van der Waals surface area contributed by atoms with Gasteiger partial charge in [-0.25, -0.2) is 9.37 Å². The molecule has 1 N–H and O–H groups in total. The van der Waals surface area contributed by atoms with Gasteiger partial charge in [-0.05, 0) is 65.4 Å². The third-order valence-electron chi connectivity index (χ3n) is 7.56. The number of allylic oxidation sites excluding steroid dienone is 2. The van der Waals surface area contributed by atoms with E-state index in [1.165, 1.54) is 26.0 Å². The van der Waals surface area contributed by atoms with E-state index in [4.69, 9.17) is 14.5 Å². The van der Waals surface area contributed by atoms with Crippen LogP contribution in [0.1, 0.15) is 19.4 Å². The summed E-state index contributed by atoms with van der Waals surface area (Å²) in [6.07, 6.45) is 3.07. The van der Waals surface area contributed by atoms with Crippen molar-refractivity contribution in [3.63, 3.8) is 0 Å². The minimum Gasteiger partial charge on any atom is -0.512 e. The van der Waals surface area contributed by atoms with Gasteiger partial charge in [0.15, 0.2) is 5.78 Å². The van der Waals surface area contributed by atoms with Crippen LogP contribution in [0.4, 0.5) is 4.39 Å². The minimum absolute atomic E-state index is 0. The summed E-state index contributed by atoms with van der Waals surface area (Å²) in [5.74, 6) is 0.243. The van der Waals surface area contributed by atoms with E-state index in [0.29, 0.717) is 16.9 Å². The molecule has 7 aromatic rings. The molecular weight excluding hydrogens is 756 g/mol. The van der Waals surface area contributed by atoms with Gasteiger partial charge in [-0.1, -0.05) is 72.8 Å². The van der Waals surface area contributed by atoms with E-state index < -0.39 is 0 Å². The second kappa shape index (κ2) is 13.4. The molecule has 0 unspecified atom stereocenters. The number of nitrogens with zero attached hydrogens (tertiary/aromatic N) is 2. The summed E-state index contributed by atoms with van der Waals surface area (Å²) < 4.78 is 22.8. The molecule has 7 heteroatoms. The zero-order valence-electron chi connectivity index (χ0n) is 25.3. The fourth-order valence-corrected chi connectivity index (χ4v) is 5.60. The summed E-state index contributed by atoms with van der Waals surface area (Å²) in [5, 5.41) is 11.7. The SMILES string of the molecule is CC(=O)/C=C(/C)O.[CH2-]c1c(-c2c3ccc4c(F)cccc4c3cc[n+]2[CH2-])cc(-c2ccccc2)c2nc(-c3ccccc3)oc12.[Ir]. The first-order valence-corrected chi connectivity index (χ1v) is 14.4. The number of carbonyl (C=O) groups excluding carboxylic acids is 1. The second-order valence-corrected chi connectivity index (χ2v) is 10.8. The zero-order valence-corrected chi connectivity index (χ0v) is 27.6. The molecule has 231 valence electrons. The number of aliphatic hydroxyl groups is 1. The molecule has 1 radical (unpaired) electrons. The first-order valence-electron chi connectivity index (χ1n) is 14.4. The molecule has 5 nitrogen and oxygen atoms in total. The number of ketones is 1. The Kier molecular flexibility index (Phi) is 9.38. The smallest absolute Gasteiger partial charge is 0.213 e. The Morgan fingerprint density at radius 1 is 0.826 bits per heavy atom. The molecule has 2 heterocycles. The molecule has 0 spiro atoms. The normalized spacial score (nSPS) is 11.2. The van der Waals surface area contributed by atoms with Crippen molar-refractivity contribution in [3.8, 4) is 33.8 Å². The van der Waals surface area contributed by atoms with Gasteiger partial charge in [-0.2, -0.15) is 12.5 Å². The van der Waals surface area contributed by atoms with Crippen molar-refractivity contribution >= 4 is 38.4 Å². The van der Waals surface area contributed by atoms with Gasteiger partial charge in [0, 0.05) is 49.8 Å². The fourth-order valence-electron chi connectivity index (χ4n) is 5.60. The average Bonchev–Trinajstić information content (AvgIpc) is 3.48. The third-order valence-corrected chi connectivity index (χ3v) is 7.56. The predicted molar refractivity (Wildman–Crippen MR) is 178 cm³/mol. The number of halogens is 1. The van der Waals surface area contributed by atoms with Gasteiger partial charge < -0.3 is 14.1 Å². The van der Waals surface area contributed by atoms with Crippen molar-refractivity contribution in [1.29, 1.82) is 0 Å². The van der Waals surface area contributed by atoms with Crippen LogP contribution in [0.5, 0.6) is 0 Å². The van der Waals surface area contributed by atoms with E-state index in [-0.39, 0.29) is 37.5 Å². The van der Waals surface area contributed by atoms with Crippen LogP contribution in [0.15, 0.2) is 126 Å². The van der Waals surface area contributed by atoms with Gasteiger partial charge in [0.1, 0.15) is 5.82 Å². The van der Waals surface area contributed by atoms with Crippen molar-refractivity contribution in [1.82, 2.24) is 4.98 Å². The van der Waals surface area contributed by atoms with E-state index in [0.717, 1.165) is 55.2 Å². The number of oxazole rings is 1. The predicted octanol–water partition coefficient (Wildman–Crippen LogP) is 9.42. The topological polar surface area (TPSA) is 67.2 Å². The Balaban J connectivity index is 0.000000471. The van der Waals surface area contributed by atoms with E-state index >= 15 is 0 Å². The minimum atomic E-state index is -0.238. The summed E-state index contributed by atoms with van der Waals surface area (Å²) >= 11 is 0. The molecule has 46 heavy (non-hydrogen) atoms. The van der Waals surface area contributed by atoms with Gasteiger partial charge in [0.25, 0.3) is 0 Å². The molecule has 0 aliphatic rings. The number of fused-ring (bicyclic) bond motifs is 4. The number of aliphatic hydroxyl groups excluding tert-OH is 1. The van der Waals surface area contributed by atoms with Crippen molar-refractivity contribution in [2.45, 2.75) is 13.8 Å². The molecule has 0 amide bonds. The number of hydrogen-bond acceptors (Lipinski definition) is 4. The van der Waals surface area contributed by atoms with Crippen molar-refractivity contribution in [2.75, 3.05) is 0 Å². The Morgan fingerprint density at radius 3 is 2.09 bits per heavy atom. The molecule has 5 aromatic carbocycles. The number of benzene rings is 5. The second-order valence-electron chi connectivity index (χ2n) is 10.8. The average molecular weight is 786 g/mol. The maximum absolute atomic E-state index is 14.6. The summed E-state index contributed by atoms with van der Waals surface area (Å²) in [5.41, 5.74) is 6.72. The van der Waals surface area contributed by atoms with Crippen LogP contribution in [0.3, 0.4) is 0 Å². The molecule has 0 saturated heterocycles. The largest absolute Gasteiger partial charge is 0.512 e. The van der Waals surface area contributed by atoms with Crippen molar-refractivity contribution < 1.29 is 43.4 Å². The number of hydrogen-bond donors (Lipinski definition) is 1. The van der Waals surface area contributed by atoms with Gasteiger partial charge in [0.2, 0.25) is 5.89 Å². The standard InChI is InChI=1S/C34H22FN2O.C5H8O2.Ir/c1-21-28(32-27-17-16-26-24(14-9-15-30(26)35)25(27)18-19-37(32)2)20-29(22-10-5-3-6-11-22)31-33(21)38-34(36-31)23-12-7-4-8-13-23;1-4(6)3-5(2)7;/h3-20H,1-2H2;3,6H,1-2H3;/q-1;;/b;4-3-;. The summed E-state index contributed by atoms with van der Waals surface area (Å²) in [4.78, 5) is 14.9. The molecular formula is C39H30FIrN2O3-. The van der Waals surface area contributed by atoms with Crippen LogP contribution in [0.25, 0.3) is 66.5 Å². The van der Waals surface area contributed by atoms with Gasteiger partial charge >= 0.3 is 0 Å². The third kappa shape index (κ3) is 6.16. The van der Waals surface area contributed by atoms with Crippen LogP contribution in [-0.2, 0) is 24.9 Å². The number of carbonyl (C=O) groups is 1. The van der Waals surface area contributed by atoms with E-state index in [1.807, 2.05) is 83.6 Å². The Bertz CT molecular complexity index is 2240.